The van der Waals surface area contributed by atoms with E-state index in [-0.39, 0.29) is 23.6 Å². The third kappa shape index (κ3) is 10.1. The van der Waals surface area contributed by atoms with Crippen LogP contribution < -0.4 is 9.80 Å². The van der Waals surface area contributed by atoms with Gasteiger partial charge in [0.25, 0.3) is 0 Å². The number of hydrogen-bond acceptors (Lipinski definition) is 6. The van der Waals surface area contributed by atoms with Crippen LogP contribution in [0.15, 0.2) is 70.5 Å². The Morgan fingerprint density at radius 2 is 1.55 bits per heavy atom. The topological polar surface area (TPSA) is 93.4 Å². The first-order valence-corrected chi connectivity index (χ1v) is 13.7. The van der Waals surface area contributed by atoms with Gasteiger partial charge in [0.1, 0.15) is 23.7 Å². The van der Waals surface area contributed by atoms with Gasteiger partial charge >= 0.3 is 6.18 Å². The van der Waals surface area contributed by atoms with E-state index in [2.05, 4.69) is 38.1 Å². The molecule has 2 aromatic carbocycles. The summed E-state index contributed by atoms with van der Waals surface area (Å²) in [6, 6.07) is 6.26. The van der Waals surface area contributed by atoms with Crippen molar-refractivity contribution in [1.82, 2.24) is 0 Å². The number of nitrogens with zero attached hydrogens (tertiary/aromatic N) is 3. The molecule has 0 aromatic heterocycles. The maximum Gasteiger partial charge on any atom is 0.406 e. The summed E-state index contributed by atoms with van der Waals surface area (Å²) in [6.45, 7) is 9.23. The number of nitroso groups, excluding NO2 is 1. The summed E-state index contributed by atoms with van der Waals surface area (Å²) < 4.78 is 41.7. The number of aryl methyl sites for hydroxylation is 1. The number of carbonyl (C=O) groups excluding carboxylic acids is 1. The lowest BCUT2D eigenvalue weighted by molar-refractivity contribution is -0.118. The van der Waals surface area contributed by atoms with E-state index < -0.39 is 35.8 Å². The second kappa shape index (κ2) is 15.2. The fraction of sp³-hybridized carbons (Fsp3) is 0.406. The Bertz CT molecular complexity index is 1340. The number of para-hydroxylation sites is 1. The van der Waals surface area contributed by atoms with Crippen molar-refractivity contribution < 1.29 is 28.2 Å². The van der Waals surface area contributed by atoms with Crippen molar-refractivity contribution in [2.24, 2.45) is 5.18 Å². The smallest absolute Gasteiger partial charge is 0.406 e. The Balaban J connectivity index is 2.52. The summed E-state index contributed by atoms with van der Waals surface area (Å²) in [6.07, 6.45) is 4.80. The highest BCUT2D eigenvalue weighted by atomic mass is 19.4. The van der Waals surface area contributed by atoms with Crippen LogP contribution in [0.3, 0.4) is 0 Å². The quantitative estimate of drug-likeness (QED) is 0.180. The predicted molar refractivity (Wildman–Crippen MR) is 163 cm³/mol. The third-order valence-electron chi connectivity index (χ3n) is 6.66. The van der Waals surface area contributed by atoms with Crippen LogP contribution >= 0.6 is 0 Å². The van der Waals surface area contributed by atoms with Gasteiger partial charge in [0.15, 0.2) is 0 Å². The number of aromatic hydroxyl groups is 2. The molecule has 10 heteroatoms. The molecule has 0 aliphatic rings. The normalized spacial score (nSPS) is 12.2. The Hall–Kier alpha value is -4.08. The molecule has 0 spiro atoms. The maximum atomic E-state index is 13.9. The van der Waals surface area contributed by atoms with Crippen molar-refractivity contribution in [3.8, 4) is 11.5 Å². The first-order chi connectivity index (χ1) is 19.6. The highest BCUT2D eigenvalue weighted by Gasteiger charge is 2.36. The molecule has 0 aliphatic carbocycles. The molecular weight excluding hydrogens is 547 g/mol. The van der Waals surface area contributed by atoms with Crippen molar-refractivity contribution in [2.45, 2.75) is 73.4 Å². The van der Waals surface area contributed by atoms with Crippen LogP contribution in [0.25, 0.3) is 0 Å². The number of carbonyl (C=O) groups is 1. The van der Waals surface area contributed by atoms with Gasteiger partial charge in [-0.1, -0.05) is 47.1 Å². The zero-order valence-corrected chi connectivity index (χ0v) is 25.0. The van der Waals surface area contributed by atoms with E-state index in [0.717, 1.165) is 37.0 Å². The lowest BCUT2D eigenvalue weighted by Crippen LogP contribution is -2.35. The van der Waals surface area contributed by atoms with Gasteiger partial charge in [0.2, 0.25) is 5.91 Å². The van der Waals surface area contributed by atoms with E-state index in [1.165, 1.54) is 48.1 Å². The second-order valence-corrected chi connectivity index (χ2v) is 10.7. The van der Waals surface area contributed by atoms with Crippen LogP contribution in [0.5, 0.6) is 11.5 Å². The Kier molecular flexibility index (Phi) is 12.4. The fourth-order valence-corrected chi connectivity index (χ4v) is 4.57. The highest BCUT2D eigenvalue weighted by Crippen LogP contribution is 2.48. The van der Waals surface area contributed by atoms with Crippen LogP contribution in [0.4, 0.5) is 35.9 Å². The molecule has 0 atom stereocenters. The number of anilines is 3. The zero-order chi connectivity index (χ0) is 31.6. The molecule has 0 radical (unpaired) electrons. The first kappa shape index (κ1) is 34.1. The monoisotopic (exact) mass is 587 g/mol. The van der Waals surface area contributed by atoms with Crippen LogP contribution in [0.1, 0.15) is 65.9 Å². The lowest BCUT2D eigenvalue weighted by atomic mass is 10.1. The number of amides is 1. The number of alkyl halides is 3. The minimum absolute atomic E-state index is 0.0290. The van der Waals surface area contributed by atoms with Crippen LogP contribution in [-0.2, 0) is 4.79 Å². The van der Waals surface area contributed by atoms with E-state index in [0.29, 0.717) is 16.9 Å². The molecule has 2 aromatic rings. The molecule has 0 heterocycles. The standard InChI is InChI=1S/C32H40F3N3O4/c1-21(2)10-7-11-22(3)12-8-13-23(4)16-17-37(25(6)39)28-19-26(40)18-27(36-42)31(28)38(20-32(33,34)35)30-24(5)14-9-15-29(30)41/h9-10,12,14-16,18-19,40-41H,7-8,11,13,17,20H2,1-6H3/b22-12+,23-16+. The SMILES string of the molecule is CC(=O)N(C/C=C(\C)CC/C=C(\C)CCC=C(C)C)c1cc(O)cc(N=O)c1N(CC(F)(F)F)c1c(C)cccc1O. The summed E-state index contributed by atoms with van der Waals surface area (Å²) >= 11 is 0. The van der Waals surface area contributed by atoms with Crippen molar-refractivity contribution in [1.29, 1.82) is 0 Å². The van der Waals surface area contributed by atoms with Crippen LogP contribution in [-0.4, -0.2) is 35.4 Å². The minimum atomic E-state index is -4.76. The van der Waals surface area contributed by atoms with Gasteiger partial charge < -0.3 is 20.0 Å². The van der Waals surface area contributed by atoms with Gasteiger partial charge in [0.05, 0.1) is 17.1 Å². The molecule has 0 aliphatic heterocycles. The molecule has 42 heavy (non-hydrogen) atoms. The third-order valence-corrected chi connectivity index (χ3v) is 6.66. The molecule has 0 saturated carbocycles. The van der Waals surface area contributed by atoms with Crippen LogP contribution in [0.2, 0.25) is 0 Å². The van der Waals surface area contributed by atoms with E-state index in [1.807, 2.05) is 6.92 Å². The molecular formula is C32H40F3N3O4. The van der Waals surface area contributed by atoms with Gasteiger partial charge in [-0.3, -0.25) is 4.79 Å². The molecule has 2 N–H and O–H groups in total. The maximum absolute atomic E-state index is 13.9. The molecule has 228 valence electrons. The van der Waals surface area contributed by atoms with Gasteiger partial charge in [-0.2, -0.15) is 13.2 Å². The molecule has 1 amide bonds. The van der Waals surface area contributed by atoms with E-state index in [9.17, 15) is 33.1 Å². The number of halogens is 3. The Morgan fingerprint density at radius 1 is 0.929 bits per heavy atom. The highest BCUT2D eigenvalue weighted by molar-refractivity contribution is 6.00. The van der Waals surface area contributed by atoms with Gasteiger partial charge in [-0.15, -0.1) is 4.91 Å². The summed E-state index contributed by atoms with van der Waals surface area (Å²) in [5, 5.41) is 23.8. The zero-order valence-electron chi connectivity index (χ0n) is 25.0. The van der Waals surface area contributed by atoms with Crippen LogP contribution in [0, 0.1) is 11.8 Å². The summed E-state index contributed by atoms with van der Waals surface area (Å²) in [4.78, 5) is 26.6. The average molecular weight is 588 g/mol. The van der Waals surface area contributed by atoms with E-state index >= 15 is 0 Å². The summed E-state index contributed by atoms with van der Waals surface area (Å²) in [7, 11) is 0. The van der Waals surface area contributed by atoms with Gasteiger partial charge in [-0.05, 0) is 77.1 Å². The molecule has 0 unspecified atom stereocenters. The molecule has 7 nitrogen and oxygen atoms in total. The largest absolute Gasteiger partial charge is 0.508 e. The van der Waals surface area contributed by atoms with E-state index in [4.69, 9.17) is 0 Å². The first-order valence-electron chi connectivity index (χ1n) is 13.7. The molecule has 0 saturated heterocycles. The van der Waals surface area contributed by atoms with Crippen molar-refractivity contribution in [2.75, 3.05) is 22.9 Å². The predicted octanol–water partition coefficient (Wildman–Crippen LogP) is 9.28. The number of phenols is 2. The minimum Gasteiger partial charge on any atom is -0.508 e. The Labute approximate surface area is 245 Å². The van der Waals surface area contributed by atoms with Crippen molar-refractivity contribution in [3.05, 3.63) is 75.7 Å². The number of benzene rings is 2. The van der Waals surface area contributed by atoms with Crippen molar-refractivity contribution >= 4 is 28.7 Å². The van der Waals surface area contributed by atoms with Gasteiger partial charge in [-0.25, -0.2) is 0 Å². The van der Waals surface area contributed by atoms with Gasteiger partial charge in [0, 0.05) is 25.6 Å². The average Bonchev–Trinajstić information content (AvgIpc) is 2.86. The number of rotatable bonds is 13. The lowest BCUT2D eigenvalue weighted by Gasteiger charge is -2.33. The second-order valence-electron chi connectivity index (χ2n) is 10.7. The summed E-state index contributed by atoms with van der Waals surface area (Å²) in [5.74, 6) is -1.44. The molecule has 0 bridgehead atoms. The molecule has 2 rings (SSSR count). The number of phenolic OH excluding ortho intramolecular Hbond substituents is 2. The van der Waals surface area contributed by atoms with E-state index in [1.54, 1.807) is 6.08 Å². The fourth-order valence-electron chi connectivity index (χ4n) is 4.57. The number of allylic oxidation sites excluding steroid dienone is 5. The Morgan fingerprint density at radius 3 is 2.10 bits per heavy atom. The number of hydrogen-bond donors (Lipinski definition) is 2. The van der Waals surface area contributed by atoms with Crippen molar-refractivity contribution in [3.63, 3.8) is 0 Å². The molecule has 0 fully saturated rings. The summed E-state index contributed by atoms with van der Waals surface area (Å²) in [5.41, 5.74) is 2.57.